The van der Waals surface area contributed by atoms with Crippen molar-refractivity contribution in [1.82, 2.24) is 0 Å². The molecule has 90 valence electrons. The van der Waals surface area contributed by atoms with Crippen molar-refractivity contribution in [3.8, 4) is 0 Å². The van der Waals surface area contributed by atoms with Gasteiger partial charge in [-0.1, -0.05) is 12.1 Å². The summed E-state index contributed by atoms with van der Waals surface area (Å²) >= 11 is 0. The lowest BCUT2D eigenvalue weighted by Gasteiger charge is -2.16. The maximum Gasteiger partial charge on any atom is 0.407 e. The van der Waals surface area contributed by atoms with Gasteiger partial charge in [0.2, 0.25) is 0 Å². The van der Waals surface area contributed by atoms with E-state index in [-0.39, 0.29) is 10.5 Å². The number of halogens is 3. The summed E-state index contributed by atoms with van der Waals surface area (Å²) in [6, 6.07) is 2.37. The van der Waals surface area contributed by atoms with Crippen LogP contribution in [0.25, 0.3) is 0 Å². The maximum absolute atomic E-state index is 12.3. The molecule has 0 radical (unpaired) electrons. The molecule has 1 aromatic carbocycles. The first-order valence-electron chi connectivity index (χ1n) is 4.24. The van der Waals surface area contributed by atoms with E-state index in [0.29, 0.717) is 0 Å². The molecule has 0 spiro atoms. The minimum Gasteiger partial charge on any atom is -0.316 e. The Kier molecular flexibility index (Phi) is 3.30. The van der Waals surface area contributed by atoms with Gasteiger partial charge in [0.1, 0.15) is 6.04 Å². The highest BCUT2D eigenvalue weighted by Crippen LogP contribution is 2.31. The zero-order valence-electron chi connectivity index (χ0n) is 8.32. The van der Waals surface area contributed by atoms with Gasteiger partial charge in [0.25, 0.3) is 0 Å². The smallest absolute Gasteiger partial charge is 0.316 e. The molecule has 16 heavy (non-hydrogen) atoms. The van der Waals surface area contributed by atoms with E-state index in [4.69, 9.17) is 5.73 Å². The molecule has 0 saturated carbocycles. The van der Waals surface area contributed by atoms with Crippen molar-refractivity contribution in [3.05, 3.63) is 29.8 Å². The lowest BCUT2D eigenvalue weighted by atomic mass is 10.1. The van der Waals surface area contributed by atoms with Crippen LogP contribution >= 0.6 is 0 Å². The third kappa shape index (κ3) is 2.96. The second-order valence-electron chi connectivity index (χ2n) is 3.36. The molecule has 0 aliphatic heterocycles. The Morgan fingerprint density at radius 2 is 1.88 bits per heavy atom. The summed E-state index contributed by atoms with van der Waals surface area (Å²) in [6.07, 6.45) is -3.67. The van der Waals surface area contributed by atoms with Gasteiger partial charge >= 0.3 is 6.18 Å². The van der Waals surface area contributed by atoms with Crippen LogP contribution in [0.3, 0.4) is 0 Å². The second-order valence-corrected chi connectivity index (χ2v) is 5.38. The fraction of sp³-hybridized carbons (Fsp3) is 0.333. The molecule has 3 nitrogen and oxygen atoms in total. The van der Waals surface area contributed by atoms with Crippen LogP contribution < -0.4 is 5.73 Å². The summed E-state index contributed by atoms with van der Waals surface area (Å²) in [4.78, 5) is -0.176. The standard InChI is InChI=1S/C9H10F3NO2S/c1-16(14,15)7-4-2-3-6(5-7)8(13)9(10,11)12/h2-5,8H,13H2,1H3/t8-/m0/s1. The molecule has 0 saturated heterocycles. The third-order valence-electron chi connectivity index (χ3n) is 2.00. The molecule has 0 heterocycles. The van der Waals surface area contributed by atoms with Gasteiger partial charge in [-0.25, -0.2) is 8.42 Å². The number of alkyl halides is 3. The average Bonchev–Trinajstić information content (AvgIpc) is 2.14. The van der Waals surface area contributed by atoms with Crippen LogP contribution in [-0.2, 0) is 9.84 Å². The third-order valence-corrected chi connectivity index (χ3v) is 3.11. The number of hydrogen-bond donors (Lipinski definition) is 1. The molecular weight excluding hydrogens is 243 g/mol. The van der Waals surface area contributed by atoms with Crippen molar-refractivity contribution >= 4 is 9.84 Å². The van der Waals surface area contributed by atoms with Gasteiger partial charge in [-0.3, -0.25) is 0 Å². The summed E-state index contributed by atoms with van der Waals surface area (Å²) in [6.45, 7) is 0. The first-order chi connectivity index (χ1) is 7.12. The van der Waals surface area contributed by atoms with Crippen LogP contribution in [-0.4, -0.2) is 20.8 Å². The van der Waals surface area contributed by atoms with Gasteiger partial charge in [0.15, 0.2) is 9.84 Å². The fourth-order valence-corrected chi connectivity index (χ4v) is 1.80. The molecule has 1 rings (SSSR count). The van der Waals surface area contributed by atoms with Gasteiger partial charge in [-0.2, -0.15) is 13.2 Å². The predicted molar refractivity (Wildman–Crippen MR) is 52.5 cm³/mol. The summed E-state index contributed by atoms with van der Waals surface area (Å²) < 4.78 is 59.1. The van der Waals surface area contributed by atoms with Gasteiger partial charge in [0, 0.05) is 6.26 Å². The molecule has 0 bridgehead atoms. The topological polar surface area (TPSA) is 60.2 Å². The Labute approximate surface area is 91.0 Å². The number of hydrogen-bond acceptors (Lipinski definition) is 3. The molecule has 0 aromatic heterocycles. The van der Waals surface area contributed by atoms with Gasteiger partial charge in [-0.15, -0.1) is 0 Å². The van der Waals surface area contributed by atoms with E-state index < -0.39 is 22.1 Å². The highest BCUT2D eigenvalue weighted by atomic mass is 32.2. The van der Waals surface area contributed by atoms with Crippen molar-refractivity contribution in [2.45, 2.75) is 17.1 Å². The minimum atomic E-state index is -4.59. The van der Waals surface area contributed by atoms with Crippen LogP contribution in [0, 0.1) is 0 Å². The summed E-state index contributed by atoms with van der Waals surface area (Å²) in [5, 5.41) is 0. The molecule has 0 fully saturated rings. The number of benzene rings is 1. The number of rotatable bonds is 2. The van der Waals surface area contributed by atoms with E-state index in [2.05, 4.69) is 0 Å². The molecule has 0 amide bonds. The molecule has 0 aliphatic carbocycles. The SMILES string of the molecule is CS(=O)(=O)c1cccc([C@H](N)C(F)(F)F)c1. The Hall–Kier alpha value is -1.08. The Bertz CT molecular complexity index is 482. The highest BCUT2D eigenvalue weighted by molar-refractivity contribution is 7.90. The van der Waals surface area contributed by atoms with E-state index >= 15 is 0 Å². The fourth-order valence-electron chi connectivity index (χ4n) is 1.13. The van der Waals surface area contributed by atoms with Crippen molar-refractivity contribution < 1.29 is 21.6 Å². The summed E-state index contributed by atoms with van der Waals surface area (Å²) in [7, 11) is -3.53. The Morgan fingerprint density at radius 1 is 1.31 bits per heavy atom. The molecule has 0 unspecified atom stereocenters. The average molecular weight is 253 g/mol. The zero-order valence-corrected chi connectivity index (χ0v) is 9.14. The lowest BCUT2D eigenvalue weighted by molar-refractivity contribution is -0.149. The maximum atomic E-state index is 12.3. The van der Waals surface area contributed by atoms with Crippen LogP contribution in [0.2, 0.25) is 0 Å². The van der Waals surface area contributed by atoms with Crippen LogP contribution in [0.5, 0.6) is 0 Å². The van der Waals surface area contributed by atoms with Crippen molar-refractivity contribution in [3.63, 3.8) is 0 Å². The van der Waals surface area contributed by atoms with E-state index in [9.17, 15) is 21.6 Å². The molecule has 7 heteroatoms. The van der Waals surface area contributed by atoms with Gasteiger partial charge in [-0.05, 0) is 17.7 Å². The normalized spacial score (nSPS) is 14.8. The van der Waals surface area contributed by atoms with Crippen molar-refractivity contribution in [1.29, 1.82) is 0 Å². The summed E-state index contributed by atoms with van der Waals surface area (Å²) in [5.41, 5.74) is 4.70. The van der Waals surface area contributed by atoms with Crippen LogP contribution in [0.15, 0.2) is 29.2 Å². The Morgan fingerprint density at radius 3 is 2.31 bits per heavy atom. The van der Waals surface area contributed by atoms with Crippen molar-refractivity contribution in [2.75, 3.05) is 6.26 Å². The van der Waals surface area contributed by atoms with Crippen LogP contribution in [0.1, 0.15) is 11.6 Å². The zero-order chi connectivity index (χ0) is 12.6. The molecule has 1 aromatic rings. The molecule has 1 atom stereocenters. The quantitative estimate of drug-likeness (QED) is 0.871. The van der Waals surface area contributed by atoms with E-state index in [1.807, 2.05) is 0 Å². The highest BCUT2D eigenvalue weighted by Gasteiger charge is 2.38. The monoisotopic (exact) mass is 253 g/mol. The first-order valence-corrected chi connectivity index (χ1v) is 6.14. The Balaban J connectivity index is 3.19. The largest absolute Gasteiger partial charge is 0.407 e. The number of nitrogens with two attached hydrogens (primary N) is 1. The van der Waals surface area contributed by atoms with Crippen molar-refractivity contribution in [2.24, 2.45) is 5.73 Å². The number of sulfone groups is 1. The van der Waals surface area contributed by atoms with E-state index in [0.717, 1.165) is 18.4 Å². The van der Waals surface area contributed by atoms with E-state index in [1.165, 1.54) is 12.1 Å². The van der Waals surface area contributed by atoms with Gasteiger partial charge < -0.3 is 5.73 Å². The predicted octanol–water partition coefficient (Wildman–Crippen LogP) is 1.65. The second kappa shape index (κ2) is 4.06. The van der Waals surface area contributed by atoms with Crippen LogP contribution in [0.4, 0.5) is 13.2 Å². The molecule has 2 N–H and O–H groups in total. The molecule has 0 aliphatic rings. The van der Waals surface area contributed by atoms with E-state index in [1.54, 1.807) is 0 Å². The summed E-state index contributed by atoms with van der Waals surface area (Å²) in [5.74, 6) is 0. The minimum absolute atomic E-state index is 0.176. The first kappa shape index (κ1) is 13.0. The lowest BCUT2D eigenvalue weighted by Crippen LogP contribution is -2.28. The van der Waals surface area contributed by atoms with Gasteiger partial charge in [0.05, 0.1) is 4.90 Å². The molecular formula is C9H10F3NO2S.